The van der Waals surface area contributed by atoms with Crippen molar-refractivity contribution in [3.8, 4) is 0 Å². The predicted octanol–water partition coefficient (Wildman–Crippen LogP) is 4.50. The van der Waals surface area contributed by atoms with E-state index in [9.17, 15) is 0 Å². The Kier molecular flexibility index (Phi) is 3.47. The lowest BCUT2D eigenvalue weighted by Crippen LogP contribution is -2.15. The Morgan fingerprint density at radius 1 is 0.875 bits per heavy atom. The summed E-state index contributed by atoms with van der Waals surface area (Å²) in [5.41, 5.74) is 2.37. The zero-order chi connectivity index (χ0) is 11.4. The van der Waals surface area contributed by atoms with Crippen LogP contribution in [-0.4, -0.2) is 6.54 Å². The van der Waals surface area contributed by atoms with Gasteiger partial charge in [-0.25, -0.2) is 0 Å². The molecule has 0 radical (unpaired) electrons. The van der Waals surface area contributed by atoms with Crippen LogP contribution in [0.3, 0.4) is 0 Å². The number of hydrogen-bond donors (Lipinski definition) is 0. The summed E-state index contributed by atoms with van der Waals surface area (Å²) in [5.74, 6) is 0. The Hall–Kier alpha value is -1.47. The maximum Gasteiger partial charge on any atom is 0.0411 e. The van der Waals surface area contributed by atoms with Crippen LogP contribution < -0.4 is 4.90 Å². The van der Waals surface area contributed by atoms with Gasteiger partial charge in [0.15, 0.2) is 0 Å². The largest absolute Gasteiger partial charge is 0.342 e. The molecule has 0 aliphatic rings. The topological polar surface area (TPSA) is 3.24 Å². The van der Waals surface area contributed by atoms with Crippen molar-refractivity contribution in [2.75, 3.05) is 11.4 Å². The molecule has 2 rings (SSSR count). The van der Waals surface area contributed by atoms with Crippen LogP contribution in [0.15, 0.2) is 54.6 Å². The molecule has 16 heavy (non-hydrogen) atoms. The second kappa shape index (κ2) is 5.04. The van der Waals surface area contributed by atoms with Crippen molar-refractivity contribution in [1.82, 2.24) is 0 Å². The first-order valence-corrected chi connectivity index (χ1v) is 5.77. The van der Waals surface area contributed by atoms with Crippen LogP contribution in [0.5, 0.6) is 0 Å². The highest BCUT2D eigenvalue weighted by Gasteiger charge is 2.05. The van der Waals surface area contributed by atoms with Crippen LogP contribution in [-0.2, 0) is 0 Å². The fourth-order valence-corrected chi connectivity index (χ4v) is 1.87. The van der Waals surface area contributed by atoms with Gasteiger partial charge in [0, 0.05) is 22.9 Å². The molecule has 0 aliphatic carbocycles. The van der Waals surface area contributed by atoms with Crippen LogP contribution in [0, 0.1) is 0 Å². The zero-order valence-corrected chi connectivity index (χ0v) is 9.98. The Morgan fingerprint density at radius 2 is 1.44 bits per heavy atom. The Balaban J connectivity index is 2.33. The molecule has 0 heterocycles. The molecule has 1 nitrogen and oxygen atoms in total. The number of para-hydroxylation sites is 1. The molecule has 0 fully saturated rings. The number of benzene rings is 2. The molecule has 0 atom stereocenters. The second-order valence-electron chi connectivity index (χ2n) is 3.56. The smallest absolute Gasteiger partial charge is 0.0411 e. The Labute approximate surface area is 101 Å². The normalized spacial score (nSPS) is 10.1. The van der Waals surface area contributed by atoms with Gasteiger partial charge in [-0.05, 0) is 43.3 Å². The summed E-state index contributed by atoms with van der Waals surface area (Å²) in [6.07, 6.45) is 0. The highest BCUT2D eigenvalue weighted by atomic mass is 35.5. The molecule has 0 unspecified atom stereocenters. The maximum atomic E-state index is 5.89. The van der Waals surface area contributed by atoms with Gasteiger partial charge < -0.3 is 4.90 Å². The number of rotatable bonds is 3. The molecule has 82 valence electrons. The van der Waals surface area contributed by atoms with Gasteiger partial charge >= 0.3 is 0 Å². The van der Waals surface area contributed by atoms with Gasteiger partial charge in [-0.1, -0.05) is 29.8 Å². The molecule has 0 aromatic heterocycles. The number of halogens is 1. The molecular formula is C14H14ClN. The quantitative estimate of drug-likeness (QED) is 0.752. The van der Waals surface area contributed by atoms with Crippen molar-refractivity contribution in [3.05, 3.63) is 59.6 Å². The SMILES string of the molecule is CCN(c1ccccc1)c1ccc(Cl)cc1. The van der Waals surface area contributed by atoms with Gasteiger partial charge in [-0.15, -0.1) is 0 Å². The van der Waals surface area contributed by atoms with E-state index in [0.29, 0.717) is 0 Å². The first-order chi connectivity index (χ1) is 7.81. The van der Waals surface area contributed by atoms with Gasteiger partial charge in [-0.3, -0.25) is 0 Å². The Bertz CT molecular complexity index is 436. The molecule has 0 bridgehead atoms. The minimum Gasteiger partial charge on any atom is -0.342 e. The van der Waals surface area contributed by atoms with Crippen LogP contribution in [0.4, 0.5) is 11.4 Å². The van der Waals surface area contributed by atoms with Crippen molar-refractivity contribution >= 4 is 23.0 Å². The molecule has 2 heteroatoms. The van der Waals surface area contributed by atoms with E-state index in [4.69, 9.17) is 11.6 Å². The van der Waals surface area contributed by atoms with Crippen molar-refractivity contribution in [3.63, 3.8) is 0 Å². The van der Waals surface area contributed by atoms with Crippen LogP contribution in [0.2, 0.25) is 5.02 Å². The van der Waals surface area contributed by atoms with Crippen LogP contribution in [0.25, 0.3) is 0 Å². The summed E-state index contributed by atoms with van der Waals surface area (Å²) in [6, 6.07) is 18.3. The number of nitrogens with zero attached hydrogens (tertiary/aromatic N) is 1. The fourth-order valence-electron chi connectivity index (χ4n) is 1.74. The lowest BCUT2D eigenvalue weighted by atomic mass is 10.2. The minimum atomic E-state index is 0.771. The monoisotopic (exact) mass is 231 g/mol. The molecule has 2 aromatic carbocycles. The van der Waals surface area contributed by atoms with E-state index in [-0.39, 0.29) is 0 Å². The predicted molar refractivity (Wildman–Crippen MR) is 70.6 cm³/mol. The van der Waals surface area contributed by atoms with Gasteiger partial charge in [-0.2, -0.15) is 0 Å². The van der Waals surface area contributed by atoms with E-state index in [1.165, 1.54) is 5.69 Å². The lowest BCUT2D eigenvalue weighted by molar-refractivity contribution is 1.02. The third-order valence-electron chi connectivity index (χ3n) is 2.52. The lowest BCUT2D eigenvalue weighted by Gasteiger charge is -2.23. The highest BCUT2D eigenvalue weighted by molar-refractivity contribution is 6.30. The average molecular weight is 232 g/mol. The molecule has 0 N–H and O–H groups in total. The summed E-state index contributed by atoms with van der Waals surface area (Å²) in [5, 5.41) is 0.771. The van der Waals surface area contributed by atoms with Crippen molar-refractivity contribution in [2.45, 2.75) is 6.92 Å². The molecule has 2 aromatic rings. The van der Waals surface area contributed by atoms with E-state index in [0.717, 1.165) is 17.3 Å². The van der Waals surface area contributed by atoms with Crippen molar-refractivity contribution in [2.24, 2.45) is 0 Å². The standard InChI is InChI=1S/C14H14ClN/c1-2-16(13-6-4-3-5-7-13)14-10-8-12(15)9-11-14/h3-11H,2H2,1H3. The van der Waals surface area contributed by atoms with Crippen molar-refractivity contribution in [1.29, 1.82) is 0 Å². The van der Waals surface area contributed by atoms with Crippen LogP contribution >= 0.6 is 11.6 Å². The summed E-state index contributed by atoms with van der Waals surface area (Å²) in [7, 11) is 0. The molecular weight excluding hydrogens is 218 g/mol. The van der Waals surface area contributed by atoms with E-state index in [2.05, 4.69) is 24.0 Å². The summed E-state index contributed by atoms with van der Waals surface area (Å²) in [6.45, 7) is 3.08. The average Bonchev–Trinajstić information content (AvgIpc) is 2.34. The van der Waals surface area contributed by atoms with Gasteiger partial charge in [0.2, 0.25) is 0 Å². The Morgan fingerprint density at radius 3 is 2.00 bits per heavy atom. The fraction of sp³-hybridized carbons (Fsp3) is 0.143. The maximum absolute atomic E-state index is 5.89. The highest BCUT2D eigenvalue weighted by Crippen LogP contribution is 2.25. The first-order valence-electron chi connectivity index (χ1n) is 5.39. The van der Waals surface area contributed by atoms with Gasteiger partial charge in [0.05, 0.1) is 0 Å². The molecule has 0 saturated carbocycles. The van der Waals surface area contributed by atoms with Gasteiger partial charge in [0.1, 0.15) is 0 Å². The van der Waals surface area contributed by atoms with E-state index < -0.39 is 0 Å². The molecule has 0 aliphatic heterocycles. The van der Waals surface area contributed by atoms with Crippen LogP contribution in [0.1, 0.15) is 6.92 Å². The van der Waals surface area contributed by atoms with E-state index >= 15 is 0 Å². The first kappa shape index (κ1) is 11.0. The molecule has 0 amide bonds. The van der Waals surface area contributed by atoms with E-state index in [1.807, 2.05) is 42.5 Å². The summed E-state index contributed by atoms with van der Waals surface area (Å²) >= 11 is 5.89. The minimum absolute atomic E-state index is 0.771. The third kappa shape index (κ3) is 2.37. The number of anilines is 2. The van der Waals surface area contributed by atoms with Crippen molar-refractivity contribution < 1.29 is 0 Å². The number of hydrogen-bond acceptors (Lipinski definition) is 1. The molecule has 0 spiro atoms. The zero-order valence-electron chi connectivity index (χ0n) is 9.23. The third-order valence-corrected chi connectivity index (χ3v) is 2.77. The second-order valence-corrected chi connectivity index (χ2v) is 3.99. The summed E-state index contributed by atoms with van der Waals surface area (Å²) in [4.78, 5) is 2.25. The van der Waals surface area contributed by atoms with E-state index in [1.54, 1.807) is 0 Å². The molecule has 0 saturated heterocycles. The van der Waals surface area contributed by atoms with Gasteiger partial charge in [0.25, 0.3) is 0 Å². The summed E-state index contributed by atoms with van der Waals surface area (Å²) < 4.78 is 0.